The van der Waals surface area contributed by atoms with Crippen LogP contribution in [-0.4, -0.2) is 45.9 Å². The van der Waals surface area contributed by atoms with Crippen molar-refractivity contribution in [2.75, 3.05) is 12.9 Å². The maximum atomic E-state index is 10.2. The van der Waals surface area contributed by atoms with E-state index in [1.807, 2.05) is 43.3 Å². The van der Waals surface area contributed by atoms with Crippen LogP contribution in [0.25, 0.3) is 22.5 Å². The fourth-order valence-corrected chi connectivity index (χ4v) is 4.59. The van der Waals surface area contributed by atoms with Crippen molar-refractivity contribution >= 4 is 11.8 Å². The molecule has 6 heteroatoms. The van der Waals surface area contributed by atoms with Crippen LogP contribution in [0.1, 0.15) is 19.8 Å². The number of hydrogen-bond donors (Lipinski definition) is 2. The van der Waals surface area contributed by atoms with Crippen LogP contribution in [-0.2, 0) is 9.47 Å². The highest BCUT2D eigenvalue weighted by Gasteiger charge is 2.37. The summed E-state index contributed by atoms with van der Waals surface area (Å²) in [5, 5.41) is 11.0. The predicted octanol–water partition coefficient (Wildman–Crippen LogP) is 4.74. The molecule has 29 heavy (non-hydrogen) atoms. The van der Waals surface area contributed by atoms with Gasteiger partial charge in [-0.2, -0.15) is 0 Å². The van der Waals surface area contributed by atoms with Gasteiger partial charge in [0.25, 0.3) is 0 Å². The lowest BCUT2D eigenvalue weighted by molar-refractivity contribution is -0.269. The lowest BCUT2D eigenvalue weighted by atomic mass is 10.0. The third-order valence-electron chi connectivity index (χ3n) is 5.19. The Kier molecular flexibility index (Phi) is 6.06. The van der Waals surface area contributed by atoms with Crippen LogP contribution in [0, 0.1) is 0 Å². The summed E-state index contributed by atoms with van der Waals surface area (Å²) >= 11 is 1.61. The summed E-state index contributed by atoms with van der Waals surface area (Å²) < 4.78 is 11.5. The monoisotopic (exact) mass is 410 g/mol. The highest BCUT2D eigenvalue weighted by molar-refractivity contribution is 7.99. The summed E-state index contributed by atoms with van der Waals surface area (Å²) in [5.74, 6) is -0.0531. The maximum Gasteiger partial charge on any atom is 0.168 e. The zero-order valence-corrected chi connectivity index (χ0v) is 17.5. The van der Waals surface area contributed by atoms with Gasteiger partial charge >= 0.3 is 0 Å². The van der Waals surface area contributed by atoms with E-state index in [-0.39, 0.29) is 6.10 Å². The molecule has 2 N–H and O–H groups in total. The zero-order valence-electron chi connectivity index (χ0n) is 16.7. The lowest BCUT2D eigenvalue weighted by Crippen LogP contribution is -2.46. The molecule has 0 aliphatic carbocycles. The van der Waals surface area contributed by atoms with E-state index in [4.69, 9.17) is 14.5 Å². The van der Waals surface area contributed by atoms with Crippen LogP contribution in [0.4, 0.5) is 0 Å². The summed E-state index contributed by atoms with van der Waals surface area (Å²) in [4.78, 5) is 8.36. The maximum absolute atomic E-state index is 10.2. The average molecular weight is 411 g/mol. The summed E-state index contributed by atoms with van der Waals surface area (Å²) in [5.41, 5.74) is 4.11. The first-order chi connectivity index (χ1) is 14.1. The SMILES string of the molecule is CO[C@]1(C)C[C@H](O)C[C@@H](CSc2nc(-c3ccccc3)c(-c3ccccc3)[nH]2)O1. The fourth-order valence-electron chi connectivity index (χ4n) is 3.71. The first kappa shape index (κ1) is 20.2. The van der Waals surface area contributed by atoms with Gasteiger partial charge in [0, 0.05) is 36.8 Å². The second-order valence-electron chi connectivity index (χ2n) is 7.48. The Morgan fingerprint density at radius 1 is 1.14 bits per heavy atom. The first-order valence-corrected chi connectivity index (χ1v) is 10.8. The quantitative estimate of drug-likeness (QED) is 0.575. The Bertz CT molecular complexity index is 875. The molecule has 4 rings (SSSR count). The van der Waals surface area contributed by atoms with Crippen molar-refractivity contribution in [3.05, 3.63) is 60.7 Å². The molecule has 2 aromatic carbocycles. The van der Waals surface area contributed by atoms with Crippen LogP contribution >= 0.6 is 11.8 Å². The number of methoxy groups -OCH3 is 1. The third kappa shape index (κ3) is 4.73. The fraction of sp³-hybridized carbons (Fsp3) is 0.348. The highest BCUT2D eigenvalue weighted by Crippen LogP contribution is 2.35. The van der Waals surface area contributed by atoms with Crippen LogP contribution in [0.15, 0.2) is 65.8 Å². The molecule has 0 amide bonds. The van der Waals surface area contributed by atoms with Gasteiger partial charge < -0.3 is 19.6 Å². The molecule has 0 bridgehead atoms. The van der Waals surface area contributed by atoms with E-state index in [1.165, 1.54) is 0 Å². The molecule has 1 fully saturated rings. The summed E-state index contributed by atoms with van der Waals surface area (Å²) in [6, 6.07) is 20.4. The Balaban J connectivity index is 1.56. The number of imidazole rings is 1. The molecule has 1 aliphatic heterocycles. The smallest absolute Gasteiger partial charge is 0.168 e. The van der Waals surface area contributed by atoms with Gasteiger partial charge in [0.15, 0.2) is 10.9 Å². The minimum atomic E-state index is -0.740. The molecule has 1 saturated heterocycles. The number of ether oxygens (including phenoxy) is 2. The molecular weight excluding hydrogens is 384 g/mol. The van der Waals surface area contributed by atoms with Gasteiger partial charge in [-0.3, -0.25) is 0 Å². The summed E-state index contributed by atoms with van der Waals surface area (Å²) in [7, 11) is 1.62. The zero-order chi connectivity index (χ0) is 20.3. The van der Waals surface area contributed by atoms with Gasteiger partial charge in [-0.05, 0) is 6.92 Å². The molecule has 1 aliphatic rings. The molecule has 0 saturated carbocycles. The number of rotatable bonds is 6. The number of aromatic amines is 1. The van der Waals surface area contributed by atoms with E-state index in [1.54, 1.807) is 18.9 Å². The molecule has 1 aromatic heterocycles. The van der Waals surface area contributed by atoms with E-state index < -0.39 is 11.9 Å². The van der Waals surface area contributed by atoms with Crippen molar-refractivity contribution in [1.29, 1.82) is 0 Å². The van der Waals surface area contributed by atoms with E-state index in [2.05, 4.69) is 29.2 Å². The highest BCUT2D eigenvalue weighted by atomic mass is 32.2. The Labute approximate surface area is 175 Å². The van der Waals surface area contributed by atoms with Crippen molar-refractivity contribution in [3.63, 3.8) is 0 Å². The molecule has 3 atom stereocenters. The molecule has 0 spiro atoms. The average Bonchev–Trinajstić information content (AvgIpc) is 3.17. The van der Waals surface area contributed by atoms with Gasteiger partial charge in [-0.1, -0.05) is 72.4 Å². The number of hydrogen-bond acceptors (Lipinski definition) is 5. The predicted molar refractivity (Wildman–Crippen MR) is 116 cm³/mol. The van der Waals surface area contributed by atoms with Crippen molar-refractivity contribution in [2.24, 2.45) is 0 Å². The number of aromatic nitrogens is 2. The number of nitrogens with one attached hydrogen (secondary N) is 1. The third-order valence-corrected chi connectivity index (χ3v) is 6.19. The van der Waals surface area contributed by atoms with Crippen molar-refractivity contribution in [1.82, 2.24) is 9.97 Å². The van der Waals surface area contributed by atoms with Crippen LogP contribution in [0.5, 0.6) is 0 Å². The van der Waals surface area contributed by atoms with Gasteiger partial charge in [0.1, 0.15) is 0 Å². The Hall–Kier alpha value is -2.12. The Morgan fingerprint density at radius 2 is 1.79 bits per heavy atom. The summed E-state index contributed by atoms with van der Waals surface area (Å²) in [6.07, 6.45) is 0.570. The number of H-pyrrole nitrogens is 1. The number of aliphatic hydroxyl groups is 1. The van der Waals surface area contributed by atoms with Gasteiger partial charge in [-0.15, -0.1) is 0 Å². The van der Waals surface area contributed by atoms with E-state index in [0.29, 0.717) is 18.6 Å². The first-order valence-electron chi connectivity index (χ1n) is 9.81. The normalized spacial score (nSPS) is 24.5. The molecular formula is C23H26N2O3S. The minimum Gasteiger partial charge on any atom is -0.393 e. The lowest BCUT2D eigenvalue weighted by Gasteiger charge is -2.39. The second-order valence-corrected chi connectivity index (χ2v) is 8.49. The topological polar surface area (TPSA) is 67.4 Å². The Morgan fingerprint density at radius 3 is 2.45 bits per heavy atom. The van der Waals surface area contributed by atoms with Crippen LogP contribution in [0.3, 0.4) is 0 Å². The molecule has 152 valence electrons. The second kappa shape index (κ2) is 8.71. The molecule has 2 heterocycles. The van der Waals surface area contributed by atoms with Crippen LogP contribution in [0.2, 0.25) is 0 Å². The number of benzene rings is 2. The van der Waals surface area contributed by atoms with E-state index in [9.17, 15) is 5.11 Å². The van der Waals surface area contributed by atoms with E-state index >= 15 is 0 Å². The van der Waals surface area contributed by atoms with Crippen molar-refractivity contribution < 1.29 is 14.6 Å². The minimum absolute atomic E-state index is 0.0980. The van der Waals surface area contributed by atoms with Gasteiger partial charge in [0.05, 0.1) is 23.6 Å². The number of aliphatic hydroxyl groups excluding tert-OH is 1. The number of thioether (sulfide) groups is 1. The van der Waals surface area contributed by atoms with Crippen molar-refractivity contribution in [2.45, 2.75) is 42.9 Å². The molecule has 0 unspecified atom stereocenters. The standard InChI is InChI=1S/C23H26N2O3S/c1-23(27-2)14-18(26)13-19(28-23)15-29-22-24-20(16-9-5-3-6-10-16)21(25-22)17-11-7-4-8-12-17/h3-12,18-19,26H,13-15H2,1-2H3,(H,24,25)/t18-,19+,23+/m1/s1. The molecule has 3 aromatic rings. The van der Waals surface area contributed by atoms with Gasteiger partial charge in [-0.25, -0.2) is 4.98 Å². The molecule has 0 radical (unpaired) electrons. The number of nitrogens with zero attached hydrogens (tertiary/aromatic N) is 1. The van der Waals surface area contributed by atoms with Gasteiger partial charge in [0.2, 0.25) is 0 Å². The van der Waals surface area contributed by atoms with Crippen LogP contribution < -0.4 is 0 Å². The largest absolute Gasteiger partial charge is 0.393 e. The van der Waals surface area contributed by atoms with E-state index in [0.717, 1.165) is 27.7 Å². The summed E-state index contributed by atoms with van der Waals surface area (Å²) in [6.45, 7) is 1.88. The molecule has 5 nitrogen and oxygen atoms in total. The van der Waals surface area contributed by atoms with Crippen molar-refractivity contribution in [3.8, 4) is 22.5 Å².